The second kappa shape index (κ2) is 12.5. The Bertz CT molecular complexity index is 696. The van der Waals surface area contributed by atoms with E-state index in [0.717, 1.165) is 58.2 Å². The first-order valence-electron chi connectivity index (χ1n) is 11.5. The molecule has 0 aliphatic carbocycles. The van der Waals surface area contributed by atoms with Gasteiger partial charge in [0.1, 0.15) is 0 Å². The van der Waals surface area contributed by atoms with Gasteiger partial charge in [0.15, 0.2) is 5.96 Å². The summed E-state index contributed by atoms with van der Waals surface area (Å²) in [6, 6.07) is 9.04. The van der Waals surface area contributed by atoms with E-state index in [9.17, 15) is 4.79 Å². The van der Waals surface area contributed by atoms with E-state index in [1.165, 1.54) is 11.1 Å². The molecular formula is C23H37N5O3. The molecule has 0 atom stereocenters. The molecule has 1 aromatic carbocycles. The van der Waals surface area contributed by atoms with E-state index in [-0.39, 0.29) is 6.09 Å². The first-order valence-corrected chi connectivity index (χ1v) is 11.5. The molecule has 0 aromatic heterocycles. The van der Waals surface area contributed by atoms with E-state index in [1.807, 2.05) is 6.92 Å². The highest BCUT2D eigenvalue weighted by Crippen LogP contribution is 2.12. The molecule has 2 saturated heterocycles. The number of hydrogen-bond acceptors (Lipinski definition) is 5. The number of aliphatic imine (C=N–C) groups is 1. The predicted molar refractivity (Wildman–Crippen MR) is 122 cm³/mol. The van der Waals surface area contributed by atoms with Crippen LogP contribution in [0.5, 0.6) is 0 Å². The number of hydrogen-bond donors (Lipinski definition) is 2. The van der Waals surface area contributed by atoms with Crippen molar-refractivity contribution in [1.29, 1.82) is 0 Å². The molecule has 1 amide bonds. The van der Waals surface area contributed by atoms with E-state index in [4.69, 9.17) is 14.5 Å². The van der Waals surface area contributed by atoms with Crippen LogP contribution in [0.3, 0.4) is 0 Å². The van der Waals surface area contributed by atoms with Crippen molar-refractivity contribution >= 4 is 12.1 Å². The van der Waals surface area contributed by atoms with Gasteiger partial charge in [-0.15, -0.1) is 0 Å². The largest absolute Gasteiger partial charge is 0.450 e. The lowest BCUT2D eigenvalue weighted by Gasteiger charge is -2.32. The van der Waals surface area contributed by atoms with Crippen LogP contribution in [0.25, 0.3) is 0 Å². The second-order valence-corrected chi connectivity index (χ2v) is 8.00. The Morgan fingerprint density at radius 2 is 1.77 bits per heavy atom. The third-order valence-electron chi connectivity index (χ3n) is 5.66. The van der Waals surface area contributed by atoms with Gasteiger partial charge >= 0.3 is 6.09 Å². The fourth-order valence-electron chi connectivity index (χ4n) is 3.87. The van der Waals surface area contributed by atoms with Crippen LogP contribution >= 0.6 is 0 Å². The number of guanidine groups is 1. The Hall–Kier alpha value is -2.32. The minimum Gasteiger partial charge on any atom is -0.450 e. The Labute approximate surface area is 186 Å². The molecule has 2 aliphatic heterocycles. The monoisotopic (exact) mass is 431 g/mol. The van der Waals surface area contributed by atoms with Crippen molar-refractivity contribution in [2.24, 2.45) is 4.99 Å². The zero-order valence-electron chi connectivity index (χ0n) is 18.9. The van der Waals surface area contributed by atoms with Crippen LogP contribution in [0.1, 0.15) is 37.8 Å². The minimum atomic E-state index is -0.210. The van der Waals surface area contributed by atoms with Crippen molar-refractivity contribution in [1.82, 2.24) is 20.4 Å². The smallest absolute Gasteiger partial charge is 0.409 e. The van der Waals surface area contributed by atoms with E-state index in [2.05, 4.69) is 46.7 Å². The molecule has 2 heterocycles. The first-order chi connectivity index (χ1) is 15.2. The van der Waals surface area contributed by atoms with Crippen LogP contribution in [0.2, 0.25) is 0 Å². The summed E-state index contributed by atoms with van der Waals surface area (Å²) in [5, 5.41) is 6.86. The van der Waals surface area contributed by atoms with Gasteiger partial charge in [-0.25, -0.2) is 9.79 Å². The van der Waals surface area contributed by atoms with Crippen molar-refractivity contribution in [2.45, 2.75) is 45.8 Å². The number of likely N-dealkylation sites (tertiary alicyclic amines) is 1. The SMILES string of the molecule is CCNC(=NCc1ccc(CN2CCOCC2)cc1)NC1CCN(C(=O)OCC)CC1. The number of ether oxygens (including phenoxy) is 2. The van der Waals surface area contributed by atoms with Crippen LogP contribution in [-0.2, 0) is 22.6 Å². The molecule has 2 aliphatic rings. The van der Waals surface area contributed by atoms with Crippen LogP contribution in [0.15, 0.2) is 29.3 Å². The van der Waals surface area contributed by atoms with Crippen molar-refractivity contribution < 1.29 is 14.3 Å². The molecule has 0 saturated carbocycles. The molecule has 2 fully saturated rings. The Balaban J connectivity index is 1.47. The maximum absolute atomic E-state index is 11.9. The zero-order valence-corrected chi connectivity index (χ0v) is 18.9. The summed E-state index contributed by atoms with van der Waals surface area (Å²) in [6.45, 7) is 11.8. The predicted octanol–water partition coefficient (Wildman–Crippen LogP) is 2.19. The van der Waals surface area contributed by atoms with Crippen molar-refractivity contribution in [2.75, 3.05) is 52.5 Å². The summed E-state index contributed by atoms with van der Waals surface area (Å²) in [4.78, 5) is 20.8. The molecule has 2 N–H and O–H groups in total. The molecule has 8 heteroatoms. The third-order valence-corrected chi connectivity index (χ3v) is 5.66. The molecule has 0 unspecified atom stereocenters. The molecule has 0 spiro atoms. The summed E-state index contributed by atoms with van der Waals surface area (Å²) in [7, 11) is 0. The van der Waals surface area contributed by atoms with Gasteiger partial charge in [-0.2, -0.15) is 0 Å². The van der Waals surface area contributed by atoms with Gasteiger partial charge in [0.2, 0.25) is 0 Å². The number of nitrogens with zero attached hydrogens (tertiary/aromatic N) is 3. The molecular weight excluding hydrogens is 394 g/mol. The Morgan fingerprint density at radius 1 is 1.10 bits per heavy atom. The van der Waals surface area contributed by atoms with E-state index < -0.39 is 0 Å². The third kappa shape index (κ3) is 7.70. The maximum Gasteiger partial charge on any atom is 0.409 e. The lowest BCUT2D eigenvalue weighted by Crippen LogP contribution is -2.49. The van der Waals surface area contributed by atoms with Crippen LogP contribution < -0.4 is 10.6 Å². The minimum absolute atomic E-state index is 0.210. The summed E-state index contributed by atoms with van der Waals surface area (Å²) >= 11 is 0. The normalized spacial score (nSPS) is 18.6. The van der Waals surface area contributed by atoms with Crippen LogP contribution in [-0.4, -0.2) is 80.4 Å². The number of amides is 1. The molecule has 3 rings (SSSR count). The highest BCUT2D eigenvalue weighted by Gasteiger charge is 2.24. The van der Waals surface area contributed by atoms with Gasteiger partial charge in [0, 0.05) is 45.3 Å². The zero-order chi connectivity index (χ0) is 21.9. The summed E-state index contributed by atoms with van der Waals surface area (Å²) in [5.41, 5.74) is 2.52. The quantitative estimate of drug-likeness (QED) is 0.509. The highest BCUT2D eigenvalue weighted by atomic mass is 16.6. The molecule has 172 valence electrons. The van der Waals surface area contributed by atoms with Gasteiger partial charge in [0.25, 0.3) is 0 Å². The van der Waals surface area contributed by atoms with Crippen molar-refractivity contribution in [3.8, 4) is 0 Å². The van der Waals surface area contributed by atoms with Crippen LogP contribution in [0.4, 0.5) is 4.79 Å². The summed E-state index contributed by atoms with van der Waals surface area (Å²) in [5.74, 6) is 0.828. The number of carbonyl (C=O) groups excluding carboxylic acids is 1. The highest BCUT2D eigenvalue weighted by molar-refractivity contribution is 5.80. The summed E-state index contributed by atoms with van der Waals surface area (Å²) < 4.78 is 10.5. The number of rotatable bonds is 7. The van der Waals surface area contributed by atoms with E-state index in [1.54, 1.807) is 4.90 Å². The average Bonchev–Trinajstić information content (AvgIpc) is 2.80. The lowest BCUT2D eigenvalue weighted by atomic mass is 10.1. The lowest BCUT2D eigenvalue weighted by molar-refractivity contribution is 0.0342. The second-order valence-electron chi connectivity index (χ2n) is 8.00. The average molecular weight is 432 g/mol. The molecule has 31 heavy (non-hydrogen) atoms. The van der Waals surface area contributed by atoms with E-state index >= 15 is 0 Å². The van der Waals surface area contributed by atoms with Gasteiger partial charge in [0.05, 0.1) is 26.4 Å². The molecule has 0 bridgehead atoms. The van der Waals surface area contributed by atoms with Crippen molar-refractivity contribution in [3.05, 3.63) is 35.4 Å². The van der Waals surface area contributed by atoms with E-state index in [0.29, 0.717) is 32.3 Å². The summed E-state index contributed by atoms with van der Waals surface area (Å²) in [6.07, 6.45) is 1.57. The number of morpholine rings is 1. The number of carbonyl (C=O) groups is 1. The number of nitrogens with one attached hydrogen (secondary N) is 2. The molecule has 8 nitrogen and oxygen atoms in total. The number of benzene rings is 1. The Morgan fingerprint density at radius 3 is 2.42 bits per heavy atom. The maximum atomic E-state index is 11.9. The fraction of sp³-hybridized carbons (Fsp3) is 0.652. The van der Waals surface area contributed by atoms with Gasteiger partial charge in [-0.05, 0) is 37.8 Å². The standard InChI is InChI=1S/C23H37N5O3/c1-3-24-22(26-21-9-11-28(12-10-21)23(29)31-4-2)25-17-19-5-7-20(8-6-19)18-27-13-15-30-16-14-27/h5-8,21H,3-4,9-18H2,1-2H3,(H2,24,25,26). The molecule has 0 radical (unpaired) electrons. The number of piperidine rings is 1. The van der Waals surface area contributed by atoms with Gasteiger partial charge < -0.3 is 25.0 Å². The fourth-order valence-corrected chi connectivity index (χ4v) is 3.87. The van der Waals surface area contributed by atoms with Gasteiger partial charge in [-0.3, -0.25) is 4.90 Å². The Kier molecular flexibility index (Phi) is 9.42. The topological polar surface area (TPSA) is 78.4 Å². The molecule has 1 aromatic rings. The van der Waals surface area contributed by atoms with Gasteiger partial charge in [-0.1, -0.05) is 24.3 Å². The van der Waals surface area contributed by atoms with Crippen LogP contribution in [0, 0.1) is 0 Å². The first kappa shape index (κ1) is 23.3. The van der Waals surface area contributed by atoms with Crippen molar-refractivity contribution in [3.63, 3.8) is 0 Å².